The number of amidine groups is 1. The van der Waals surface area contributed by atoms with E-state index in [-0.39, 0.29) is 12.4 Å². The zero-order valence-corrected chi connectivity index (χ0v) is 11.8. The van der Waals surface area contributed by atoms with Crippen LogP contribution >= 0.6 is 0 Å². The van der Waals surface area contributed by atoms with Gasteiger partial charge in [-0.15, -0.1) is 0 Å². The quantitative estimate of drug-likeness (QED) is 0.209. The predicted molar refractivity (Wildman–Crippen MR) is 70.7 cm³/mol. The van der Waals surface area contributed by atoms with Crippen LogP contribution in [-0.4, -0.2) is 46.3 Å². The average molecular weight is 284 g/mol. The number of amides is 3. The van der Waals surface area contributed by atoms with Gasteiger partial charge in [-0.2, -0.15) is 0 Å². The summed E-state index contributed by atoms with van der Waals surface area (Å²) in [7, 11) is 0. The Bertz CT molecular complexity index is 456. The van der Waals surface area contributed by atoms with Gasteiger partial charge in [0.15, 0.2) is 5.84 Å². The molecule has 1 fully saturated rings. The van der Waals surface area contributed by atoms with Crippen LogP contribution in [0.3, 0.4) is 0 Å². The van der Waals surface area contributed by atoms with Crippen molar-refractivity contribution in [1.29, 1.82) is 0 Å². The summed E-state index contributed by atoms with van der Waals surface area (Å²) in [4.78, 5) is 36.9. The minimum absolute atomic E-state index is 0.210. The predicted octanol–water partition coefficient (Wildman–Crippen LogP) is -0.587. The minimum atomic E-state index is -1.21. The largest absolute Gasteiger partial charge is 0.409 e. The third kappa shape index (κ3) is 2.45. The molecule has 1 unspecified atom stereocenters. The van der Waals surface area contributed by atoms with Gasteiger partial charge in [0.1, 0.15) is 18.0 Å². The second kappa shape index (κ2) is 5.89. The number of piperazine rings is 1. The molecule has 1 heterocycles. The summed E-state index contributed by atoms with van der Waals surface area (Å²) in [6, 6.07) is -0.774. The maximum atomic E-state index is 12.7. The summed E-state index contributed by atoms with van der Waals surface area (Å²) in [6.07, 6.45) is 0.606. The molecular formula is C12H20N4O4. The van der Waals surface area contributed by atoms with Crippen LogP contribution in [0.4, 0.5) is 0 Å². The molecule has 0 radical (unpaired) electrons. The first-order chi connectivity index (χ1) is 9.33. The second-order valence-corrected chi connectivity index (χ2v) is 4.80. The summed E-state index contributed by atoms with van der Waals surface area (Å²) in [6.45, 7) is 4.78. The van der Waals surface area contributed by atoms with E-state index in [2.05, 4.69) is 10.5 Å². The Morgan fingerprint density at radius 1 is 1.50 bits per heavy atom. The molecule has 112 valence electrons. The SMILES string of the molecule is CCC(CC)(C(=O)N1CC(=O)NC(=O)C1C)C(N)=NO. The van der Waals surface area contributed by atoms with E-state index in [0.29, 0.717) is 12.8 Å². The van der Waals surface area contributed by atoms with Gasteiger partial charge in [0.2, 0.25) is 17.7 Å². The number of imide groups is 1. The van der Waals surface area contributed by atoms with Crippen LogP contribution in [0, 0.1) is 5.41 Å². The lowest BCUT2D eigenvalue weighted by atomic mass is 9.79. The summed E-state index contributed by atoms with van der Waals surface area (Å²) < 4.78 is 0. The summed E-state index contributed by atoms with van der Waals surface area (Å²) in [5, 5.41) is 14.0. The van der Waals surface area contributed by atoms with Gasteiger partial charge in [0.25, 0.3) is 0 Å². The maximum Gasteiger partial charge on any atom is 0.249 e. The lowest BCUT2D eigenvalue weighted by molar-refractivity contribution is -0.153. The molecule has 0 saturated carbocycles. The van der Waals surface area contributed by atoms with Crippen molar-refractivity contribution in [3.05, 3.63) is 0 Å². The van der Waals surface area contributed by atoms with E-state index in [1.54, 1.807) is 13.8 Å². The van der Waals surface area contributed by atoms with Crippen molar-refractivity contribution < 1.29 is 19.6 Å². The standard InChI is InChI=1S/C12H20N4O4/c1-4-12(5-2,10(13)15-20)11(19)16-6-8(17)14-9(18)7(16)3/h7,20H,4-6H2,1-3H3,(H2,13,15)(H,14,17,18). The average Bonchev–Trinajstić information content (AvgIpc) is 2.44. The molecule has 1 atom stereocenters. The fraction of sp³-hybridized carbons (Fsp3) is 0.667. The van der Waals surface area contributed by atoms with Crippen molar-refractivity contribution in [2.45, 2.75) is 39.7 Å². The van der Waals surface area contributed by atoms with Crippen LogP contribution in [0.5, 0.6) is 0 Å². The van der Waals surface area contributed by atoms with Gasteiger partial charge in [-0.05, 0) is 19.8 Å². The van der Waals surface area contributed by atoms with E-state index in [1.807, 2.05) is 0 Å². The van der Waals surface area contributed by atoms with Crippen LogP contribution in [0.25, 0.3) is 0 Å². The third-order valence-corrected chi connectivity index (χ3v) is 3.90. The van der Waals surface area contributed by atoms with Gasteiger partial charge in [0, 0.05) is 0 Å². The summed E-state index contributed by atoms with van der Waals surface area (Å²) >= 11 is 0. The van der Waals surface area contributed by atoms with Crippen molar-refractivity contribution in [3.63, 3.8) is 0 Å². The van der Waals surface area contributed by atoms with Gasteiger partial charge in [-0.3, -0.25) is 19.7 Å². The van der Waals surface area contributed by atoms with Crippen molar-refractivity contribution >= 4 is 23.6 Å². The number of oxime groups is 1. The van der Waals surface area contributed by atoms with Crippen LogP contribution < -0.4 is 11.1 Å². The van der Waals surface area contributed by atoms with Crippen LogP contribution in [-0.2, 0) is 14.4 Å². The molecule has 0 bridgehead atoms. The van der Waals surface area contributed by atoms with E-state index in [0.717, 1.165) is 0 Å². The third-order valence-electron chi connectivity index (χ3n) is 3.90. The molecule has 1 aliphatic heterocycles. The van der Waals surface area contributed by atoms with Gasteiger partial charge in [0.05, 0.1) is 0 Å². The van der Waals surface area contributed by atoms with Gasteiger partial charge < -0.3 is 15.8 Å². The number of nitrogens with one attached hydrogen (secondary N) is 1. The highest BCUT2D eigenvalue weighted by Gasteiger charge is 2.46. The normalized spacial score (nSPS) is 20.9. The lowest BCUT2D eigenvalue weighted by Gasteiger charge is -2.39. The topological polar surface area (TPSA) is 125 Å². The first-order valence-electron chi connectivity index (χ1n) is 6.46. The lowest BCUT2D eigenvalue weighted by Crippen LogP contribution is -2.63. The zero-order valence-electron chi connectivity index (χ0n) is 11.8. The highest BCUT2D eigenvalue weighted by molar-refractivity contribution is 6.11. The zero-order chi connectivity index (χ0) is 15.5. The first kappa shape index (κ1) is 15.9. The van der Waals surface area contributed by atoms with E-state index in [1.165, 1.54) is 11.8 Å². The molecule has 1 rings (SSSR count). The van der Waals surface area contributed by atoms with Crippen molar-refractivity contribution in [2.75, 3.05) is 6.54 Å². The molecule has 0 spiro atoms. The molecule has 20 heavy (non-hydrogen) atoms. The number of nitrogens with zero attached hydrogens (tertiary/aromatic N) is 2. The van der Waals surface area contributed by atoms with Crippen LogP contribution in [0.2, 0.25) is 0 Å². The first-order valence-corrected chi connectivity index (χ1v) is 6.46. The monoisotopic (exact) mass is 284 g/mol. The molecule has 1 aliphatic rings. The van der Waals surface area contributed by atoms with Gasteiger partial charge in [-0.1, -0.05) is 19.0 Å². The molecule has 8 heteroatoms. The number of hydrogen-bond acceptors (Lipinski definition) is 5. The number of rotatable bonds is 4. The molecule has 0 aromatic carbocycles. The van der Waals surface area contributed by atoms with E-state index < -0.39 is 29.2 Å². The van der Waals surface area contributed by atoms with Gasteiger partial charge >= 0.3 is 0 Å². The summed E-state index contributed by atoms with van der Waals surface area (Å²) in [5.74, 6) is -1.76. The van der Waals surface area contributed by atoms with E-state index >= 15 is 0 Å². The molecule has 0 aromatic rings. The van der Waals surface area contributed by atoms with Crippen LogP contribution in [0.15, 0.2) is 5.16 Å². The molecule has 0 aromatic heterocycles. The molecule has 4 N–H and O–H groups in total. The Balaban J connectivity index is 3.18. The smallest absolute Gasteiger partial charge is 0.249 e. The number of hydrogen-bond donors (Lipinski definition) is 3. The van der Waals surface area contributed by atoms with E-state index in [9.17, 15) is 14.4 Å². The number of carbonyl (C=O) groups is 3. The Kier molecular flexibility index (Phi) is 4.69. The van der Waals surface area contributed by atoms with Crippen molar-refractivity contribution in [3.8, 4) is 0 Å². The van der Waals surface area contributed by atoms with E-state index in [4.69, 9.17) is 10.9 Å². The van der Waals surface area contributed by atoms with Gasteiger partial charge in [-0.25, -0.2) is 0 Å². The van der Waals surface area contributed by atoms with Crippen molar-refractivity contribution in [1.82, 2.24) is 10.2 Å². The highest BCUT2D eigenvalue weighted by atomic mass is 16.4. The molecule has 1 saturated heterocycles. The second-order valence-electron chi connectivity index (χ2n) is 4.80. The fourth-order valence-corrected chi connectivity index (χ4v) is 2.36. The Morgan fingerprint density at radius 3 is 2.50 bits per heavy atom. The highest BCUT2D eigenvalue weighted by Crippen LogP contribution is 2.30. The Hall–Kier alpha value is -2.12. The minimum Gasteiger partial charge on any atom is -0.409 e. The Morgan fingerprint density at radius 2 is 2.05 bits per heavy atom. The number of nitrogens with two attached hydrogens (primary N) is 1. The molecule has 3 amide bonds. The maximum absolute atomic E-state index is 12.7. The van der Waals surface area contributed by atoms with Crippen LogP contribution in [0.1, 0.15) is 33.6 Å². The summed E-state index contributed by atoms with van der Waals surface area (Å²) in [5.41, 5.74) is 4.46. The molecular weight excluding hydrogens is 264 g/mol. The van der Waals surface area contributed by atoms with Crippen molar-refractivity contribution in [2.24, 2.45) is 16.3 Å². The molecule has 8 nitrogen and oxygen atoms in total. The fourth-order valence-electron chi connectivity index (χ4n) is 2.36. The molecule has 0 aliphatic carbocycles. The Labute approximate surface area is 117 Å². The number of carbonyl (C=O) groups excluding carboxylic acids is 3.